The minimum atomic E-state index is -2.67. The average Bonchev–Trinajstić information content (AvgIpc) is 2.17. The lowest BCUT2D eigenvalue weighted by Gasteiger charge is -2.07. The van der Waals surface area contributed by atoms with Gasteiger partial charge in [0.2, 0.25) is 0 Å². The van der Waals surface area contributed by atoms with E-state index in [1.54, 1.807) is 6.92 Å². The van der Waals surface area contributed by atoms with E-state index in [1.807, 2.05) is 30.3 Å². The first-order chi connectivity index (χ1) is 7.56. The van der Waals surface area contributed by atoms with Crippen LogP contribution in [0.4, 0.5) is 0 Å². The van der Waals surface area contributed by atoms with Gasteiger partial charge >= 0.3 is 5.97 Å². The molecule has 0 aromatic heterocycles. The Kier molecular flexibility index (Phi) is 4.49. The molecule has 1 unspecified atom stereocenters. The molecule has 0 aliphatic rings. The highest BCUT2D eigenvalue weighted by Crippen LogP contribution is 2.09. The third-order valence-electron chi connectivity index (χ3n) is 1.95. The zero-order valence-electron chi connectivity index (χ0n) is 9.13. The molecular weight excluding hydrogens is 226 g/mol. The molecule has 1 atom stereocenters. The van der Waals surface area contributed by atoms with E-state index >= 15 is 0 Å². The van der Waals surface area contributed by atoms with Crippen LogP contribution in [0.5, 0.6) is 0 Å². The van der Waals surface area contributed by atoms with E-state index in [4.69, 9.17) is 5.11 Å². The first-order valence-electron chi connectivity index (χ1n) is 5.00. The number of nitrogens with zero attached hydrogens (tertiary/aromatic N) is 1. The third-order valence-corrected chi connectivity index (χ3v) is 4.16. The van der Waals surface area contributed by atoms with Crippen molar-refractivity contribution in [1.82, 2.24) is 0 Å². The van der Waals surface area contributed by atoms with E-state index in [0.717, 1.165) is 5.56 Å². The molecule has 0 aliphatic carbocycles. The summed E-state index contributed by atoms with van der Waals surface area (Å²) >= 11 is 0. The van der Waals surface area contributed by atoms with Crippen molar-refractivity contribution in [3.8, 4) is 0 Å². The molecule has 0 amide bonds. The number of carboxylic acid groups (broad SMARTS) is 1. The molecular formula is C11H15NO3S. The van der Waals surface area contributed by atoms with Gasteiger partial charge in [0.1, 0.15) is 5.75 Å². The van der Waals surface area contributed by atoms with E-state index in [0.29, 0.717) is 6.54 Å². The Labute approximate surface area is 95.5 Å². The summed E-state index contributed by atoms with van der Waals surface area (Å²) < 4.78 is 16.2. The van der Waals surface area contributed by atoms with Crippen molar-refractivity contribution in [2.75, 3.05) is 12.3 Å². The average molecular weight is 241 g/mol. The van der Waals surface area contributed by atoms with Gasteiger partial charge in [-0.05, 0) is 12.5 Å². The molecule has 0 radical (unpaired) electrons. The quantitative estimate of drug-likeness (QED) is 0.854. The highest BCUT2D eigenvalue weighted by atomic mass is 32.2. The first-order valence-corrected chi connectivity index (χ1v) is 6.85. The maximum Gasteiger partial charge on any atom is 0.317 e. The van der Waals surface area contributed by atoms with Crippen LogP contribution in [0.2, 0.25) is 0 Å². The van der Waals surface area contributed by atoms with Crippen molar-refractivity contribution in [3.63, 3.8) is 0 Å². The maximum absolute atomic E-state index is 12.2. The van der Waals surface area contributed by atoms with E-state index in [-0.39, 0.29) is 5.75 Å². The SMILES string of the molecule is CCN=S(=O)(CC(=O)O)Cc1ccccc1. The molecule has 5 heteroatoms. The first kappa shape index (κ1) is 12.7. The van der Waals surface area contributed by atoms with Gasteiger partial charge in [0.25, 0.3) is 0 Å². The Morgan fingerprint density at radius 3 is 2.50 bits per heavy atom. The largest absolute Gasteiger partial charge is 0.481 e. The molecule has 4 nitrogen and oxygen atoms in total. The molecule has 1 N–H and O–H groups in total. The summed E-state index contributed by atoms with van der Waals surface area (Å²) in [6, 6.07) is 9.18. The van der Waals surface area contributed by atoms with Gasteiger partial charge < -0.3 is 5.11 Å². The number of carboxylic acids is 1. The zero-order chi connectivity index (χ0) is 12.0. The topological polar surface area (TPSA) is 66.7 Å². The van der Waals surface area contributed by atoms with Gasteiger partial charge in [0, 0.05) is 6.54 Å². The molecule has 1 rings (SSSR count). The van der Waals surface area contributed by atoms with Crippen LogP contribution in [-0.4, -0.2) is 27.6 Å². The molecule has 0 saturated carbocycles. The highest BCUT2D eigenvalue weighted by Gasteiger charge is 2.14. The second-order valence-electron chi connectivity index (χ2n) is 3.39. The summed E-state index contributed by atoms with van der Waals surface area (Å²) in [5, 5.41) is 8.71. The maximum atomic E-state index is 12.2. The predicted octanol–water partition coefficient (Wildman–Crippen LogP) is 1.76. The summed E-state index contributed by atoms with van der Waals surface area (Å²) in [5.74, 6) is -1.26. The van der Waals surface area contributed by atoms with Crippen LogP contribution in [0.25, 0.3) is 0 Å². The van der Waals surface area contributed by atoms with Gasteiger partial charge in [-0.1, -0.05) is 30.3 Å². The molecule has 0 bridgehead atoms. The lowest BCUT2D eigenvalue weighted by Crippen LogP contribution is -2.17. The van der Waals surface area contributed by atoms with Crippen LogP contribution < -0.4 is 0 Å². The van der Waals surface area contributed by atoms with Crippen LogP contribution in [0.15, 0.2) is 34.7 Å². The van der Waals surface area contributed by atoms with Gasteiger partial charge in [-0.2, -0.15) is 0 Å². The van der Waals surface area contributed by atoms with Crippen molar-refractivity contribution in [2.24, 2.45) is 4.36 Å². The molecule has 0 fully saturated rings. The van der Waals surface area contributed by atoms with Gasteiger partial charge in [-0.3, -0.25) is 4.79 Å². The monoisotopic (exact) mass is 241 g/mol. The van der Waals surface area contributed by atoms with Crippen molar-refractivity contribution in [1.29, 1.82) is 0 Å². The molecule has 0 spiro atoms. The fourth-order valence-corrected chi connectivity index (χ4v) is 3.26. The van der Waals surface area contributed by atoms with E-state index in [2.05, 4.69) is 4.36 Å². The van der Waals surface area contributed by atoms with Gasteiger partial charge in [-0.25, -0.2) is 8.57 Å². The van der Waals surface area contributed by atoms with Crippen LogP contribution >= 0.6 is 0 Å². The number of carbonyl (C=O) groups is 1. The predicted molar refractivity (Wildman–Crippen MR) is 63.8 cm³/mol. The van der Waals surface area contributed by atoms with Crippen molar-refractivity contribution in [2.45, 2.75) is 12.7 Å². The molecule has 16 heavy (non-hydrogen) atoms. The number of benzene rings is 1. The van der Waals surface area contributed by atoms with E-state index < -0.39 is 21.5 Å². The summed E-state index contributed by atoms with van der Waals surface area (Å²) in [5.41, 5.74) is 0.853. The van der Waals surface area contributed by atoms with Crippen molar-refractivity contribution in [3.05, 3.63) is 35.9 Å². The Balaban J connectivity index is 2.93. The molecule has 0 heterocycles. The third kappa shape index (κ3) is 4.02. The Bertz CT molecular complexity index is 461. The minimum absolute atomic E-state index is 0.202. The van der Waals surface area contributed by atoms with Crippen LogP contribution in [-0.2, 0) is 20.3 Å². The molecule has 1 aromatic carbocycles. The summed E-state index contributed by atoms with van der Waals surface area (Å²) in [6.07, 6.45) is 0. The fourth-order valence-electron chi connectivity index (χ4n) is 1.41. The summed E-state index contributed by atoms with van der Waals surface area (Å²) in [7, 11) is -2.67. The van der Waals surface area contributed by atoms with Crippen molar-refractivity contribution < 1.29 is 14.1 Å². The summed E-state index contributed by atoms with van der Waals surface area (Å²) in [6.45, 7) is 2.13. The number of rotatable bonds is 5. The van der Waals surface area contributed by atoms with Crippen LogP contribution in [0, 0.1) is 0 Å². The highest BCUT2D eigenvalue weighted by molar-refractivity contribution is 7.93. The minimum Gasteiger partial charge on any atom is -0.481 e. The smallest absolute Gasteiger partial charge is 0.317 e. The normalized spacial score (nSPS) is 14.1. The molecule has 1 aromatic rings. The zero-order valence-corrected chi connectivity index (χ0v) is 9.94. The second-order valence-corrected chi connectivity index (χ2v) is 5.77. The lowest BCUT2D eigenvalue weighted by atomic mass is 10.2. The number of aliphatic carboxylic acids is 1. The van der Waals surface area contributed by atoms with E-state index in [9.17, 15) is 9.00 Å². The van der Waals surface area contributed by atoms with Gasteiger partial charge in [-0.15, -0.1) is 0 Å². The molecule has 88 valence electrons. The Morgan fingerprint density at radius 1 is 1.38 bits per heavy atom. The standard InChI is InChI=1S/C11H15NO3S/c1-2-12-16(15,9-11(13)14)8-10-6-4-3-5-7-10/h3-7H,2,8-9H2,1H3,(H,13,14). The van der Waals surface area contributed by atoms with Crippen molar-refractivity contribution >= 4 is 15.7 Å². The van der Waals surface area contributed by atoms with Gasteiger partial charge in [0.05, 0.1) is 15.5 Å². The second kappa shape index (κ2) is 5.65. The van der Waals surface area contributed by atoms with Gasteiger partial charge in [0.15, 0.2) is 0 Å². The number of hydrogen-bond acceptors (Lipinski definition) is 3. The Morgan fingerprint density at radius 2 is 2.00 bits per heavy atom. The summed E-state index contributed by atoms with van der Waals surface area (Å²) in [4.78, 5) is 10.6. The number of hydrogen-bond donors (Lipinski definition) is 1. The fraction of sp³-hybridized carbons (Fsp3) is 0.364. The van der Waals surface area contributed by atoms with Crippen LogP contribution in [0.3, 0.4) is 0 Å². The Hall–Kier alpha value is -1.36. The molecule has 0 aliphatic heterocycles. The van der Waals surface area contributed by atoms with E-state index in [1.165, 1.54) is 0 Å². The molecule has 0 saturated heterocycles. The lowest BCUT2D eigenvalue weighted by molar-refractivity contribution is -0.134. The van der Waals surface area contributed by atoms with Crippen LogP contribution in [0.1, 0.15) is 12.5 Å².